The first kappa shape index (κ1) is 34.8. The molecule has 3 N–H and O–H groups in total. The van der Waals surface area contributed by atoms with Crippen molar-refractivity contribution in [3.8, 4) is 5.75 Å². The number of alkyl halides is 3. The number of benzene rings is 1. The van der Waals surface area contributed by atoms with Crippen LogP contribution in [0, 0.1) is 5.92 Å². The molecule has 12 heteroatoms. The number of halogens is 3. The van der Waals surface area contributed by atoms with Crippen LogP contribution in [0.4, 0.5) is 13.2 Å². The van der Waals surface area contributed by atoms with Crippen molar-refractivity contribution in [1.82, 2.24) is 14.8 Å². The number of carbonyl (C=O) groups excluding carboxylic acids is 2. The monoisotopic (exact) mass is 644 g/mol. The number of ether oxygens (including phenoxy) is 1. The molecule has 2 atom stereocenters. The average molecular weight is 645 g/mol. The Bertz CT molecular complexity index is 1410. The SMILES string of the molecule is C=C(N)C1(c2ccccc2OCCCCC(=O)O)CCN(C(=O)[C@@H]2CCCN(C(=O)c3ncccc3C(F)(F)F)[C@@H]2CCC)CC1. The third-order valence-corrected chi connectivity index (χ3v) is 9.25. The van der Waals surface area contributed by atoms with E-state index in [0.29, 0.717) is 82.5 Å². The summed E-state index contributed by atoms with van der Waals surface area (Å²) >= 11 is 0. The molecule has 0 bridgehead atoms. The van der Waals surface area contributed by atoms with Gasteiger partial charge in [0.15, 0.2) is 0 Å². The molecule has 4 rings (SSSR count). The van der Waals surface area contributed by atoms with Crippen LogP contribution in [0.25, 0.3) is 0 Å². The van der Waals surface area contributed by atoms with E-state index in [0.717, 1.165) is 17.7 Å². The Morgan fingerprint density at radius 2 is 1.83 bits per heavy atom. The number of para-hydroxylation sites is 1. The molecule has 2 aliphatic rings. The normalized spacial score (nSPS) is 19.8. The number of carboxylic acid groups (broad SMARTS) is 1. The van der Waals surface area contributed by atoms with Crippen molar-refractivity contribution >= 4 is 17.8 Å². The Hall–Kier alpha value is -4.09. The van der Waals surface area contributed by atoms with Crippen LogP contribution in [0.1, 0.15) is 86.3 Å². The van der Waals surface area contributed by atoms with Crippen LogP contribution >= 0.6 is 0 Å². The number of carbonyl (C=O) groups is 3. The van der Waals surface area contributed by atoms with E-state index in [9.17, 15) is 27.6 Å². The van der Waals surface area contributed by atoms with E-state index in [1.807, 2.05) is 31.2 Å². The molecule has 2 aliphatic heterocycles. The topological polar surface area (TPSA) is 126 Å². The van der Waals surface area contributed by atoms with Crippen LogP contribution in [-0.2, 0) is 21.2 Å². The number of nitrogens with zero attached hydrogens (tertiary/aromatic N) is 3. The maximum absolute atomic E-state index is 14.1. The molecule has 2 aromatic rings. The van der Waals surface area contributed by atoms with Crippen molar-refractivity contribution < 1.29 is 37.4 Å². The standard InChI is InChI=1S/C34H43F3N4O5/c1-3-10-27-24(11-9-19-41(27)32(45)30-26(34(35,36)37)13-8-18-39-30)31(44)40-20-16-33(17-21-40,23(2)38)25-12-4-5-14-28(25)46-22-7-6-15-29(42)43/h4-5,8,12-14,18,24,27H,2-3,6-7,9-11,15-17,19-22,38H2,1H3,(H,42,43)/t24-,27-/m1/s1. The van der Waals surface area contributed by atoms with Gasteiger partial charge in [0.1, 0.15) is 11.4 Å². The molecule has 0 spiro atoms. The largest absolute Gasteiger partial charge is 0.493 e. The van der Waals surface area contributed by atoms with Crippen molar-refractivity contribution in [2.45, 2.75) is 82.3 Å². The minimum atomic E-state index is -4.73. The van der Waals surface area contributed by atoms with E-state index in [4.69, 9.17) is 15.6 Å². The Morgan fingerprint density at radius 3 is 2.48 bits per heavy atom. The summed E-state index contributed by atoms with van der Waals surface area (Å²) in [6, 6.07) is 9.01. The molecule has 2 fully saturated rings. The molecule has 0 radical (unpaired) electrons. The molecule has 0 unspecified atom stereocenters. The van der Waals surface area contributed by atoms with Crippen LogP contribution in [0.3, 0.4) is 0 Å². The van der Waals surface area contributed by atoms with Gasteiger partial charge in [-0.2, -0.15) is 13.2 Å². The molecule has 2 saturated heterocycles. The van der Waals surface area contributed by atoms with Crippen molar-refractivity contribution in [3.63, 3.8) is 0 Å². The zero-order chi connectivity index (χ0) is 33.5. The van der Waals surface area contributed by atoms with Crippen LogP contribution in [-0.4, -0.2) is 70.0 Å². The lowest BCUT2D eigenvalue weighted by atomic mass is 9.70. The maximum atomic E-state index is 14.1. The molecule has 3 heterocycles. The van der Waals surface area contributed by atoms with Gasteiger partial charge in [-0.25, -0.2) is 0 Å². The molecule has 250 valence electrons. The van der Waals surface area contributed by atoms with E-state index in [-0.39, 0.29) is 18.9 Å². The number of likely N-dealkylation sites (tertiary alicyclic amines) is 2. The Kier molecular flexibility index (Phi) is 11.3. The molecule has 46 heavy (non-hydrogen) atoms. The fraction of sp³-hybridized carbons (Fsp3) is 0.529. The quantitative estimate of drug-likeness (QED) is 0.280. The lowest BCUT2D eigenvalue weighted by molar-refractivity contribution is -0.141. The highest BCUT2D eigenvalue weighted by atomic mass is 19.4. The van der Waals surface area contributed by atoms with Crippen LogP contribution < -0.4 is 10.5 Å². The highest BCUT2D eigenvalue weighted by molar-refractivity contribution is 5.95. The second-order valence-corrected chi connectivity index (χ2v) is 12.1. The van der Waals surface area contributed by atoms with Crippen LogP contribution in [0.15, 0.2) is 54.9 Å². The summed E-state index contributed by atoms with van der Waals surface area (Å²) in [6.07, 6.45) is 0.725. The summed E-state index contributed by atoms with van der Waals surface area (Å²) in [4.78, 5) is 45.5. The van der Waals surface area contributed by atoms with Gasteiger partial charge < -0.3 is 25.4 Å². The number of pyridine rings is 1. The van der Waals surface area contributed by atoms with Gasteiger partial charge in [0.25, 0.3) is 5.91 Å². The summed E-state index contributed by atoms with van der Waals surface area (Å²) < 4.78 is 47.3. The highest BCUT2D eigenvalue weighted by Gasteiger charge is 2.46. The number of carboxylic acids is 1. The summed E-state index contributed by atoms with van der Waals surface area (Å²) in [5, 5.41) is 8.90. The number of piperidine rings is 2. The van der Waals surface area contributed by atoms with Gasteiger partial charge in [-0.05, 0) is 63.1 Å². The van der Waals surface area contributed by atoms with Crippen LogP contribution in [0.2, 0.25) is 0 Å². The Balaban J connectivity index is 1.50. The summed E-state index contributed by atoms with van der Waals surface area (Å²) in [5.41, 5.74) is 5.38. The number of nitrogens with two attached hydrogens (primary N) is 1. The van der Waals surface area contributed by atoms with Gasteiger partial charge in [-0.3, -0.25) is 19.4 Å². The number of aliphatic carboxylic acids is 1. The second-order valence-electron chi connectivity index (χ2n) is 12.1. The smallest absolute Gasteiger partial charge is 0.418 e. The van der Waals surface area contributed by atoms with E-state index in [1.54, 1.807) is 4.90 Å². The molecule has 0 saturated carbocycles. The van der Waals surface area contributed by atoms with Gasteiger partial charge in [-0.15, -0.1) is 0 Å². The minimum absolute atomic E-state index is 0.0716. The fourth-order valence-corrected chi connectivity index (χ4v) is 6.85. The van der Waals surface area contributed by atoms with Crippen molar-refractivity contribution in [2.75, 3.05) is 26.2 Å². The summed E-state index contributed by atoms with van der Waals surface area (Å²) in [5.74, 6) is -1.68. The van der Waals surface area contributed by atoms with Crippen molar-refractivity contribution in [1.29, 1.82) is 0 Å². The Labute approximate surface area is 267 Å². The fourth-order valence-electron chi connectivity index (χ4n) is 6.85. The highest BCUT2D eigenvalue weighted by Crippen LogP contribution is 2.44. The van der Waals surface area contributed by atoms with E-state index in [2.05, 4.69) is 11.6 Å². The number of hydrogen-bond acceptors (Lipinski definition) is 6. The molecule has 1 aromatic heterocycles. The molecule has 0 aliphatic carbocycles. The number of hydrogen-bond donors (Lipinski definition) is 2. The van der Waals surface area contributed by atoms with Gasteiger partial charge in [-0.1, -0.05) is 38.1 Å². The predicted molar refractivity (Wildman–Crippen MR) is 166 cm³/mol. The van der Waals surface area contributed by atoms with E-state index >= 15 is 0 Å². The first-order valence-electron chi connectivity index (χ1n) is 15.9. The van der Waals surface area contributed by atoms with Gasteiger partial charge in [0.05, 0.1) is 18.1 Å². The van der Waals surface area contributed by atoms with Crippen molar-refractivity contribution in [2.24, 2.45) is 11.7 Å². The third kappa shape index (κ3) is 7.64. The first-order chi connectivity index (χ1) is 21.9. The summed E-state index contributed by atoms with van der Waals surface area (Å²) in [7, 11) is 0. The van der Waals surface area contributed by atoms with E-state index < -0.39 is 46.7 Å². The molecule has 2 amide bonds. The average Bonchev–Trinajstić information content (AvgIpc) is 3.04. The summed E-state index contributed by atoms with van der Waals surface area (Å²) in [6.45, 7) is 7.38. The number of aromatic nitrogens is 1. The Morgan fingerprint density at radius 1 is 1.11 bits per heavy atom. The minimum Gasteiger partial charge on any atom is -0.493 e. The first-order valence-corrected chi connectivity index (χ1v) is 15.9. The van der Waals surface area contributed by atoms with Crippen molar-refractivity contribution in [3.05, 3.63) is 71.7 Å². The van der Waals surface area contributed by atoms with Crippen LogP contribution in [0.5, 0.6) is 5.75 Å². The lowest BCUT2D eigenvalue weighted by Gasteiger charge is -2.46. The number of amides is 2. The van der Waals surface area contributed by atoms with Gasteiger partial charge in [0.2, 0.25) is 5.91 Å². The third-order valence-electron chi connectivity index (χ3n) is 9.25. The second kappa shape index (κ2) is 15.0. The molecular weight excluding hydrogens is 601 g/mol. The lowest BCUT2D eigenvalue weighted by Crippen LogP contribution is -2.56. The zero-order valence-electron chi connectivity index (χ0n) is 26.2. The number of unbranched alkanes of at least 4 members (excludes halogenated alkanes) is 1. The van der Waals surface area contributed by atoms with Gasteiger partial charge >= 0.3 is 12.1 Å². The number of allylic oxidation sites excluding steroid dienone is 1. The zero-order valence-corrected chi connectivity index (χ0v) is 26.2. The van der Waals surface area contributed by atoms with E-state index in [1.165, 1.54) is 11.1 Å². The molecular formula is C34H43F3N4O5. The maximum Gasteiger partial charge on any atom is 0.418 e. The van der Waals surface area contributed by atoms with Gasteiger partial charge in [0, 0.05) is 55.0 Å². The number of rotatable bonds is 12. The predicted octanol–water partition coefficient (Wildman–Crippen LogP) is 5.79. The molecule has 1 aromatic carbocycles. The molecule has 9 nitrogen and oxygen atoms in total.